The van der Waals surface area contributed by atoms with Crippen molar-refractivity contribution in [1.29, 1.82) is 5.26 Å². The second kappa shape index (κ2) is 8.55. The van der Waals surface area contributed by atoms with Crippen molar-refractivity contribution in [3.8, 4) is 6.07 Å². The summed E-state index contributed by atoms with van der Waals surface area (Å²) in [4.78, 5) is 11.6. The lowest BCUT2D eigenvalue weighted by Gasteiger charge is -2.25. The third kappa shape index (κ3) is 4.32. The molecule has 7 heteroatoms. The summed E-state index contributed by atoms with van der Waals surface area (Å²) in [5, 5.41) is 15.8. The van der Waals surface area contributed by atoms with Gasteiger partial charge in [0.25, 0.3) is 0 Å². The molecule has 27 heavy (non-hydrogen) atoms. The summed E-state index contributed by atoms with van der Waals surface area (Å²) in [7, 11) is 0. The third-order valence-electron chi connectivity index (χ3n) is 5.36. The largest absolute Gasteiger partial charge is 0.354 e. The maximum absolute atomic E-state index is 9.10. The molecule has 0 saturated carbocycles. The molecule has 6 nitrogen and oxygen atoms in total. The maximum atomic E-state index is 9.10. The van der Waals surface area contributed by atoms with Crippen molar-refractivity contribution in [3.63, 3.8) is 0 Å². The molecule has 2 N–H and O–H groups in total. The van der Waals surface area contributed by atoms with Gasteiger partial charge in [0.15, 0.2) is 0 Å². The minimum atomic E-state index is 0. The number of halogens is 1. The van der Waals surface area contributed by atoms with Crippen LogP contribution < -0.4 is 15.5 Å². The van der Waals surface area contributed by atoms with Gasteiger partial charge in [-0.2, -0.15) is 5.26 Å². The molecule has 4 rings (SSSR count). The molecule has 0 radical (unpaired) electrons. The van der Waals surface area contributed by atoms with Crippen molar-refractivity contribution in [2.24, 2.45) is 0 Å². The van der Waals surface area contributed by atoms with E-state index in [9.17, 15) is 0 Å². The molecule has 0 bridgehead atoms. The fraction of sp³-hybridized carbons (Fsp3) is 0.450. The number of aromatic nitrogens is 2. The van der Waals surface area contributed by atoms with Crippen molar-refractivity contribution >= 4 is 29.9 Å². The summed E-state index contributed by atoms with van der Waals surface area (Å²) in [5.74, 6) is 3.01. The number of anilines is 3. The van der Waals surface area contributed by atoms with Gasteiger partial charge in [0.1, 0.15) is 17.5 Å². The summed E-state index contributed by atoms with van der Waals surface area (Å²) in [6, 6.07) is 10.5. The first-order valence-corrected chi connectivity index (χ1v) is 9.35. The van der Waals surface area contributed by atoms with Gasteiger partial charge >= 0.3 is 0 Å². The Labute approximate surface area is 166 Å². The van der Waals surface area contributed by atoms with Crippen LogP contribution in [0.25, 0.3) is 0 Å². The van der Waals surface area contributed by atoms with Crippen molar-refractivity contribution in [1.82, 2.24) is 15.3 Å². The smallest absolute Gasteiger partial charge is 0.134 e. The Balaban J connectivity index is 0.00000210. The second-order valence-corrected chi connectivity index (χ2v) is 7.18. The SMILES string of the molecule is C[C@@H]1CCCN1c1cc(C2CCNC2)cc(Nc2cc(C#N)ccn2)n1.Cl. The van der Waals surface area contributed by atoms with Crippen molar-refractivity contribution in [3.05, 3.63) is 41.6 Å². The fourth-order valence-electron chi connectivity index (χ4n) is 3.90. The lowest BCUT2D eigenvalue weighted by Crippen LogP contribution is -2.27. The van der Waals surface area contributed by atoms with Crippen LogP contribution >= 0.6 is 12.4 Å². The van der Waals surface area contributed by atoms with Crippen LogP contribution in [0, 0.1) is 11.3 Å². The van der Waals surface area contributed by atoms with Crippen LogP contribution in [-0.2, 0) is 0 Å². The van der Waals surface area contributed by atoms with Gasteiger partial charge in [-0.15, -0.1) is 12.4 Å². The molecular formula is C20H25ClN6. The van der Waals surface area contributed by atoms with Crippen LogP contribution in [0.4, 0.5) is 17.5 Å². The molecule has 2 aromatic heterocycles. The summed E-state index contributed by atoms with van der Waals surface area (Å²) in [5.41, 5.74) is 1.91. The quantitative estimate of drug-likeness (QED) is 0.839. The molecule has 4 heterocycles. The number of pyridine rings is 2. The molecule has 0 spiro atoms. The first kappa shape index (κ1) is 19.4. The van der Waals surface area contributed by atoms with Crippen LogP contribution in [-0.4, -0.2) is 35.6 Å². The average molecular weight is 385 g/mol. The first-order chi connectivity index (χ1) is 12.7. The summed E-state index contributed by atoms with van der Waals surface area (Å²) >= 11 is 0. The molecule has 0 aromatic carbocycles. The number of hydrogen-bond acceptors (Lipinski definition) is 6. The Morgan fingerprint density at radius 1 is 1.26 bits per heavy atom. The lowest BCUT2D eigenvalue weighted by atomic mass is 9.99. The fourth-order valence-corrected chi connectivity index (χ4v) is 3.90. The third-order valence-corrected chi connectivity index (χ3v) is 5.36. The molecule has 142 valence electrons. The average Bonchev–Trinajstić information content (AvgIpc) is 3.33. The monoisotopic (exact) mass is 384 g/mol. The van der Waals surface area contributed by atoms with Crippen LogP contribution in [0.2, 0.25) is 0 Å². The lowest BCUT2D eigenvalue weighted by molar-refractivity contribution is 0.722. The summed E-state index contributed by atoms with van der Waals surface area (Å²) < 4.78 is 0. The number of nitrogens with zero attached hydrogens (tertiary/aromatic N) is 4. The minimum absolute atomic E-state index is 0. The normalized spacial score (nSPS) is 21.6. The van der Waals surface area contributed by atoms with Crippen LogP contribution in [0.3, 0.4) is 0 Å². The van der Waals surface area contributed by atoms with E-state index in [-0.39, 0.29) is 12.4 Å². The van der Waals surface area contributed by atoms with Gasteiger partial charge in [0.05, 0.1) is 11.6 Å². The molecule has 2 atom stereocenters. The van der Waals surface area contributed by atoms with Gasteiger partial charge in [0.2, 0.25) is 0 Å². The van der Waals surface area contributed by atoms with Crippen LogP contribution in [0.15, 0.2) is 30.5 Å². The second-order valence-electron chi connectivity index (χ2n) is 7.18. The minimum Gasteiger partial charge on any atom is -0.354 e. The Morgan fingerprint density at radius 3 is 2.85 bits per heavy atom. The van der Waals surface area contributed by atoms with E-state index in [2.05, 4.69) is 45.6 Å². The highest BCUT2D eigenvalue weighted by atomic mass is 35.5. The Morgan fingerprint density at radius 2 is 2.15 bits per heavy atom. The molecule has 2 saturated heterocycles. The standard InChI is InChI=1S/C20H24N6.ClH/c1-14-3-2-8-26(14)20-11-17(16-5-6-22-13-16)10-19(25-20)24-18-9-15(12-21)4-7-23-18;/h4,7,9-11,14,16,22H,2-3,5-6,8,13H2,1H3,(H,23,24,25);1H/t14-,16?;/m1./s1. The maximum Gasteiger partial charge on any atom is 0.134 e. The number of hydrogen-bond donors (Lipinski definition) is 2. The van der Waals surface area contributed by atoms with Gasteiger partial charge in [-0.05, 0) is 68.5 Å². The van der Waals surface area contributed by atoms with Crippen LogP contribution in [0.1, 0.15) is 43.2 Å². The first-order valence-electron chi connectivity index (χ1n) is 9.35. The van der Waals surface area contributed by atoms with Gasteiger partial charge in [-0.3, -0.25) is 0 Å². The summed E-state index contributed by atoms with van der Waals surface area (Å²) in [6.45, 7) is 5.41. The molecular weight excluding hydrogens is 360 g/mol. The number of rotatable bonds is 4. The number of nitrogens with one attached hydrogen (secondary N) is 2. The van der Waals surface area contributed by atoms with E-state index in [1.165, 1.54) is 18.4 Å². The predicted molar refractivity (Wildman–Crippen MR) is 110 cm³/mol. The van der Waals surface area contributed by atoms with Gasteiger partial charge < -0.3 is 15.5 Å². The zero-order valence-electron chi connectivity index (χ0n) is 15.5. The Hall–Kier alpha value is -2.36. The van der Waals surface area contributed by atoms with Gasteiger partial charge in [-0.25, -0.2) is 9.97 Å². The van der Waals surface area contributed by atoms with E-state index < -0.39 is 0 Å². The highest BCUT2D eigenvalue weighted by molar-refractivity contribution is 5.85. The van der Waals surface area contributed by atoms with Crippen molar-refractivity contribution < 1.29 is 0 Å². The Bertz CT molecular complexity index is 827. The topological polar surface area (TPSA) is 76.9 Å². The van der Waals surface area contributed by atoms with E-state index >= 15 is 0 Å². The highest BCUT2D eigenvalue weighted by Gasteiger charge is 2.24. The molecule has 0 aliphatic carbocycles. The molecule has 1 unspecified atom stereocenters. The zero-order valence-corrected chi connectivity index (χ0v) is 16.3. The van der Waals surface area contributed by atoms with Crippen molar-refractivity contribution in [2.45, 2.75) is 38.1 Å². The highest BCUT2D eigenvalue weighted by Crippen LogP contribution is 2.31. The van der Waals surface area contributed by atoms with E-state index in [0.29, 0.717) is 23.3 Å². The van der Waals surface area contributed by atoms with Gasteiger partial charge in [0, 0.05) is 25.3 Å². The predicted octanol–water partition coefficient (Wildman–Crippen LogP) is 3.58. The summed E-state index contributed by atoms with van der Waals surface area (Å²) in [6.07, 6.45) is 5.23. The van der Waals surface area contributed by atoms with E-state index in [0.717, 1.165) is 37.7 Å². The van der Waals surface area contributed by atoms with E-state index in [1.54, 1.807) is 18.3 Å². The molecule has 2 aromatic rings. The zero-order chi connectivity index (χ0) is 17.9. The molecule has 2 fully saturated rings. The van der Waals surface area contributed by atoms with Gasteiger partial charge in [-0.1, -0.05) is 0 Å². The van der Waals surface area contributed by atoms with E-state index in [1.807, 2.05) is 0 Å². The van der Waals surface area contributed by atoms with Crippen LogP contribution in [0.5, 0.6) is 0 Å². The van der Waals surface area contributed by atoms with Crippen molar-refractivity contribution in [2.75, 3.05) is 29.9 Å². The number of nitriles is 1. The molecule has 2 aliphatic rings. The van der Waals surface area contributed by atoms with E-state index in [4.69, 9.17) is 10.2 Å². The molecule has 2 aliphatic heterocycles. The Kier molecular flexibility index (Phi) is 6.15. The molecule has 0 amide bonds.